The Morgan fingerprint density at radius 1 is 0.762 bits per heavy atom. The van der Waals surface area contributed by atoms with Gasteiger partial charge in [0.15, 0.2) is 0 Å². The molecule has 0 aliphatic carbocycles. The maximum Gasteiger partial charge on any atom is 0.0669 e. The maximum atomic E-state index is 6.48. The predicted molar refractivity (Wildman–Crippen MR) is 101 cm³/mol. The molecule has 0 radical (unpaired) electrons. The average Bonchev–Trinajstić information content (AvgIpc) is 2.26. The van der Waals surface area contributed by atoms with Crippen LogP contribution in [-0.4, -0.2) is 10.3 Å². The van der Waals surface area contributed by atoms with Gasteiger partial charge >= 0.3 is 0 Å². The quantitative estimate of drug-likeness (QED) is 0.425. The molecule has 120 valence electrons. The summed E-state index contributed by atoms with van der Waals surface area (Å²) in [6.07, 6.45) is 0. The van der Waals surface area contributed by atoms with Gasteiger partial charge in [0.2, 0.25) is 0 Å². The lowest BCUT2D eigenvalue weighted by Gasteiger charge is -2.52. The van der Waals surface area contributed by atoms with Crippen LogP contribution in [0.1, 0.15) is 67.9 Å². The largest absolute Gasteiger partial charge is 0.304 e. The van der Waals surface area contributed by atoms with Crippen LogP contribution in [-0.2, 0) is 5.41 Å². The first-order valence-electron chi connectivity index (χ1n) is 7.72. The highest BCUT2D eigenvalue weighted by Gasteiger charge is 2.52. The molecule has 0 atom stereocenters. The first-order chi connectivity index (χ1) is 9.27. The SMILES string of the molecule is CC(C)(C)c1ccc([P+]([CH-]Cl)(C(C)(C)C)C(C)(C)C)cc1. The van der Waals surface area contributed by atoms with E-state index in [9.17, 15) is 0 Å². The summed E-state index contributed by atoms with van der Waals surface area (Å²) in [5, 5.41) is 1.71. The molecule has 21 heavy (non-hydrogen) atoms. The molecule has 1 aromatic rings. The van der Waals surface area contributed by atoms with Crippen molar-refractivity contribution >= 4 is 24.2 Å². The minimum Gasteiger partial charge on any atom is -0.304 e. The van der Waals surface area contributed by atoms with Gasteiger partial charge in [-0.15, -0.1) is 0 Å². The Balaban J connectivity index is 3.49. The molecular formula is C19H32ClP. The van der Waals surface area contributed by atoms with Gasteiger partial charge < -0.3 is 11.6 Å². The molecule has 0 aromatic heterocycles. The topological polar surface area (TPSA) is 0 Å². The zero-order valence-corrected chi connectivity index (χ0v) is 16.9. The Morgan fingerprint density at radius 3 is 1.38 bits per heavy atom. The van der Waals surface area contributed by atoms with Crippen LogP contribution in [0.5, 0.6) is 0 Å². The molecule has 0 fully saturated rings. The van der Waals surface area contributed by atoms with E-state index < -0.39 is 7.26 Å². The summed E-state index contributed by atoms with van der Waals surface area (Å²) in [4.78, 5) is 0. The Kier molecular flexibility index (Phi) is 5.30. The fraction of sp³-hybridized carbons (Fsp3) is 0.632. The van der Waals surface area contributed by atoms with E-state index in [2.05, 4.69) is 86.6 Å². The van der Waals surface area contributed by atoms with Crippen molar-refractivity contribution in [1.82, 2.24) is 0 Å². The van der Waals surface area contributed by atoms with E-state index >= 15 is 0 Å². The molecule has 0 nitrogen and oxygen atoms in total. The van der Waals surface area contributed by atoms with Crippen LogP contribution in [0.15, 0.2) is 24.3 Å². The molecule has 0 saturated heterocycles. The second-order valence-corrected chi connectivity index (χ2v) is 14.4. The third-order valence-electron chi connectivity index (χ3n) is 4.40. The highest BCUT2D eigenvalue weighted by atomic mass is 35.5. The molecule has 0 N–H and O–H groups in total. The van der Waals surface area contributed by atoms with Crippen LogP contribution in [0, 0.1) is 5.62 Å². The summed E-state index contributed by atoms with van der Waals surface area (Å²) in [5.74, 6) is 0. The standard InChI is InChI=1S/C19H32ClP/c1-17(2,3)15-10-12-16(13-11-15)21(14-20,18(4,5)6)19(7,8)9/h10-14H,1-9H3. The molecule has 1 rings (SSSR count). The fourth-order valence-electron chi connectivity index (χ4n) is 3.33. The minimum absolute atomic E-state index is 0.149. The van der Waals surface area contributed by atoms with Crippen molar-refractivity contribution in [3.8, 4) is 0 Å². The second kappa shape index (κ2) is 5.86. The van der Waals surface area contributed by atoms with Gasteiger partial charge in [-0.1, -0.05) is 45.8 Å². The summed E-state index contributed by atoms with van der Waals surface area (Å²) in [6.45, 7) is 20.7. The van der Waals surface area contributed by atoms with Gasteiger partial charge in [0.05, 0.1) is 15.6 Å². The molecule has 2 heteroatoms. The Morgan fingerprint density at radius 2 is 1.14 bits per heavy atom. The summed E-state index contributed by atoms with van der Waals surface area (Å²) in [5.41, 5.74) is 3.56. The zero-order chi connectivity index (χ0) is 16.7. The third-order valence-corrected chi connectivity index (χ3v) is 10.9. The molecule has 1 aromatic carbocycles. The normalized spacial score (nSPS) is 14.4. The monoisotopic (exact) mass is 326 g/mol. The van der Waals surface area contributed by atoms with Crippen molar-refractivity contribution in [2.75, 3.05) is 0 Å². The highest BCUT2D eigenvalue weighted by molar-refractivity contribution is 7.88. The molecule has 0 spiro atoms. The van der Waals surface area contributed by atoms with Crippen molar-refractivity contribution in [2.24, 2.45) is 0 Å². The molecule has 0 heterocycles. The number of hydrogen-bond acceptors (Lipinski definition) is 0. The van der Waals surface area contributed by atoms with Crippen LogP contribution >= 0.6 is 18.9 Å². The molecule has 0 aliphatic rings. The predicted octanol–water partition coefficient (Wildman–Crippen LogP) is 6.58. The second-order valence-electron chi connectivity index (χ2n) is 8.96. The van der Waals surface area contributed by atoms with E-state index in [0.29, 0.717) is 0 Å². The molecule has 0 unspecified atom stereocenters. The van der Waals surface area contributed by atoms with Crippen LogP contribution in [0.3, 0.4) is 0 Å². The van der Waals surface area contributed by atoms with Gasteiger partial charge in [-0.05, 0) is 64.7 Å². The van der Waals surface area contributed by atoms with Gasteiger partial charge in [0.25, 0.3) is 0 Å². The minimum atomic E-state index is -1.63. The summed E-state index contributed by atoms with van der Waals surface area (Å²) >= 11 is 6.48. The van der Waals surface area contributed by atoms with E-state index in [-0.39, 0.29) is 15.7 Å². The average molecular weight is 327 g/mol. The van der Waals surface area contributed by atoms with Crippen molar-refractivity contribution in [2.45, 2.75) is 78.0 Å². The van der Waals surface area contributed by atoms with Gasteiger partial charge in [-0.25, -0.2) is 0 Å². The lowest BCUT2D eigenvalue weighted by molar-refractivity contribution is 0.590. The van der Waals surface area contributed by atoms with E-state index in [1.165, 1.54) is 10.9 Å². The highest BCUT2D eigenvalue weighted by Crippen LogP contribution is 2.78. The molecule has 0 amide bonds. The summed E-state index contributed by atoms with van der Waals surface area (Å²) < 4.78 is 0. The lowest BCUT2D eigenvalue weighted by atomic mass is 9.87. The lowest BCUT2D eigenvalue weighted by Crippen LogP contribution is -2.39. The van der Waals surface area contributed by atoms with E-state index in [0.717, 1.165) is 0 Å². The Bertz CT molecular complexity index is 452. The van der Waals surface area contributed by atoms with Gasteiger partial charge in [-0.3, -0.25) is 0 Å². The molecule has 0 bridgehead atoms. The summed E-state index contributed by atoms with van der Waals surface area (Å²) in [7, 11) is -1.63. The summed E-state index contributed by atoms with van der Waals surface area (Å²) in [6, 6.07) is 9.18. The van der Waals surface area contributed by atoms with E-state index in [1.807, 2.05) is 5.62 Å². The van der Waals surface area contributed by atoms with Crippen molar-refractivity contribution in [3.63, 3.8) is 0 Å². The first-order valence-corrected chi connectivity index (χ1v) is 10.0. The van der Waals surface area contributed by atoms with Crippen LogP contribution in [0.2, 0.25) is 0 Å². The Hall–Kier alpha value is -0.0600. The smallest absolute Gasteiger partial charge is 0.0669 e. The van der Waals surface area contributed by atoms with Gasteiger partial charge in [-0.2, -0.15) is 0 Å². The van der Waals surface area contributed by atoms with Gasteiger partial charge in [0, 0.05) is 0 Å². The number of rotatable bonds is 2. The van der Waals surface area contributed by atoms with Crippen LogP contribution in [0.25, 0.3) is 0 Å². The molecule has 0 saturated carbocycles. The maximum absolute atomic E-state index is 6.48. The van der Waals surface area contributed by atoms with Crippen LogP contribution < -0.4 is 5.30 Å². The zero-order valence-electron chi connectivity index (χ0n) is 15.2. The molecule has 0 aliphatic heterocycles. The van der Waals surface area contributed by atoms with Crippen molar-refractivity contribution in [1.29, 1.82) is 0 Å². The number of benzene rings is 1. The number of hydrogen-bond donors (Lipinski definition) is 0. The third kappa shape index (κ3) is 3.48. The van der Waals surface area contributed by atoms with Crippen LogP contribution in [0.4, 0.5) is 0 Å². The van der Waals surface area contributed by atoms with E-state index in [1.54, 1.807) is 0 Å². The first kappa shape index (κ1) is 19.0. The van der Waals surface area contributed by atoms with Crippen molar-refractivity contribution in [3.05, 3.63) is 35.5 Å². The Labute approximate surface area is 138 Å². The fourth-order valence-corrected chi connectivity index (χ4v) is 10.3. The molecular weight excluding hydrogens is 295 g/mol. The van der Waals surface area contributed by atoms with Gasteiger partial charge in [0.1, 0.15) is 0 Å². The number of halogens is 1. The van der Waals surface area contributed by atoms with E-state index in [4.69, 9.17) is 11.6 Å². The van der Waals surface area contributed by atoms with Crippen molar-refractivity contribution < 1.29 is 0 Å².